The van der Waals surface area contributed by atoms with E-state index in [0.717, 1.165) is 10.8 Å². The summed E-state index contributed by atoms with van der Waals surface area (Å²) in [6.45, 7) is 4.76. The summed E-state index contributed by atoms with van der Waals surface area (Å²) in [6, 6.07) is -0.601. The Bertz CT molecular complexity index is 718. The van der Waals surface area contributed by atoms with Crippen LogP contribution in [0.25, 0.3) is 0 Å². The number of carbonyl (C=O) groups is 1. The second-order valence-corrected chi connectivity index (χ2v) is 6.48. The number of rotatable bonds is 3. The summed E-state index contributed by atoms with van der Waals surface area (Å²) < 4.78 is 11.7. The average Bonchev–Trinajstić information content (AvgIpc) is 2.83. The van der Waals surface area contributed by atoms with Crippen molar-refractivity contribution in [3.05, 3.63) is 27.0 Å². The molecule has 0 saturated carbocycles. The maximum Gasteiger partial charge on any atom is 0.407 e. The van der Waals surface area contributed by atoms with Crippen molar-refractivity contribution in [3.63, 3.8) is 0 Å². The van der Waals surface area contributed by atoms with Gasteiger partial charge in [0.05, 0.1) is 18.8 Å². The van der Waals surface area contributed by atoms with Crippen molar-refractivity contribution in [1.29, 1.82) is 0 Å². The van der Waals surface area contributed by atoms with Crippen molar-refractivity contribution in [2.45, 2.75) is 51.2 Å². The lowest BCUT2D eigenvalue weighted by molar-refractivity contribution is -0.0300. The van der Waals surface area contributed by atoms with Gasteiger partial charge < -0.3 is 25.0 Å². The largest absolute Gasteiger partial charge is 0.502 e. The summed E-state index contributed by atoms with van der Waals surface area (Å²) >= 11 is 0. The molecule has 1 aromatic heterocycles. The molecule has 1 aliphatic heterocycles. The minimum atomic E-state index is -0.906. The molecule has 10 nitrogen and oxygen atoms in total. The maximum atomic E-state index is 11.9. The summed E-state index contributed by atoms with van der Waals surface area (Å²) in [7, 11) is 0. The van der Waals surface area contributed by atoms with Crippen molar-refractivity contribution in [1.82, 2.24) is 14.9 Å². The van der Waals surface area contributed by atoms with E-state index < -0.39 is 47.1 Å². The van der Waals surface area contributed by atoms with Gasteiger partial charge in [-0.05, 0) is 20.8 Å². The Balaban J connectivity index is 2.15. The average molecular weight is 343 g/mol. The fourth-order valence-electron chi connectivity index (χ4n) is 2.37. The summed E-state index contributed by atoms with van der Waals surface area (Å²) in [5, 5.41) is 21.4. The number of aromatic hydroxyl groups is 1. The maximum absolute atomic E-state index is 11.9. The molecule has 24 heavy (non-hydrogen) atoms. The molecule has 2 rings (SSSR count). The number of hydrogen-bond donors (Lipinski definition) is 4. The number of nitrogens with one attached hydrogen (secondary N) is 2. The molecule has 0 aliphatic carbocycles. The van der Waals surface area contributed by atoms with Crippen molar-refractivity contribution >= 4 is 6.09 Å². The third kappa shape index (κ3) is 4.15. The summed E-state index contributed by atoms with van der Waals surface area (Å²) in [4.78, 5) is 36.8. The normalized spacial score (nSPS) is 23.9. The van der Waals surface area contributed by atoms with Crippen LogP contribution in [0.15, 0.2) is 15.8 Å². The van der Waals surface area contributed by atoms with Crippen molar-refractivity contribution in [2.24, 2.45) is 0 Å². The SMILES string of the molecule is CC(C)(C)OC(=O)N[C@H]1C[C@H](n2cc(O)c(=O)[nH]c2=O)O[C@@H]1CO. The third-order valence-corrected chi connectivity index (χ3v) is 3.38. The monoisotopic (exact) mass is 343 g/mol. The predicted molar refractivity (Wildman–Crippen MR) is 81.8 cm³/mol. The zero-order valence-corrected chi connectivity index (χ0v) is 13.6. The highest BCUT2D eigenvalue weighted by atomic mass is 16.6. The van der Waals surface area contributed by atoms with Gasteiger partial charge >= 0.3 is 11.8 Å². The predicted octanol–water partition coefficient (Wildman–Crippen LogP) is -0.585. The Morgan fingerprint density at radius 1 is 1.50 bits per heavy atom. The van der Waals surface area contributed by atoms with Crippen LogP contribution < -0.4 is 16.6 Å². The number of aromatic nitrogens is 2. The summed E-state index contributed by atoms with van der Waals surface area (Å²) in [6.07, 6.45) is -1.20. The Kier molecular flexibility index (Phi) is 4.99. The van der Waals surface area contributed by atoms with E-state index in [1.165, 1.54) is 0 Å². The topological polar surface area (TPSA) is 143 Å². The van der Waals surface area contributed by atoms with Crippen molar-refractivity contribution in [3.8, 4) is 5.75 Å². The molecule has 1 aromatic rings. The quantitative estimate of drug-likeness (QED) is 0.574. The number of ether oxygens (including phenoxy) is 2. The molecule has 3 atom stereocenters. The highest BCUT2D eigenvalue weighted by Gasteiger charge is 2.38. The zero-order valence-electron chi connectivity index (χ0n) is 13.6. The minimum Gasteiger partial charge on any atom is -0.502 e. The number of amides is 1. The standard InChI is InChI=1S/C14H21N3O7/c1-14(2,3)24-13(22)15-7-4-10(23-9(7)6-18)17-5-8(19)11(20)16-12(17)21/h5,7,9-10,18-19H,4,6H2,1-3H3,(H,15,22)(H,16,20,21)/t7-,9+,10+/m0/s1. The molecule has 0 unspecified atom stereocenters. The Morgan fingerprint density at radius 2 is 2.17 bits per heavy atom. The smallest absolute Gasteiger partial charge is 0.407 e. The van der Waals surface area contributed by atoms with E-state index in [1.807, 2.05) is 4.98 Å². The van der Waals surface area contributed by atoms with Gasteiger partial charge in [-0.3, -0.25) is 14.3 Å². The van der Waals surface area contributed by atoms with Gasteiger partial charge in [0.1, 0.15) is 17.9 Å². The first-order valence-electron chi connectivity index (χ1n) is 7.41. The minimum absolute atomic E-state index is 0.149. The third-order valence-electron chi connectivity index (χ3n) is 3.38. The van der Waals surface area contributed by atoms with Crippen LogP contribution in [-0.4, -0.2) is 50.2 Å². The van der Waals surface area contributed by atoms with E-state index in [2.05, 4.69) is 5.32 Å². The van der Waals surface area contributed by atoms with Gasteiger partial charge in [-0.2, -0.15) is 0 Å². The summed E-state index contributed by atoms with van der Waals surface area (Å²) in [5.74, 6) is -0.637. The number of aliphatic hydroxyl groups excluding tert-OH is 1. The number of aliphatic hydroxyl groups is 1. The number of H-pyrrole nitrogens is 1. The lowest BCUT2D eigenvalue weighted by atomic mass is 10.1. The number of carbonyl (C=O) groups excluding carboxylic acids is 1. The first kappa shape index (κ1) is 18.0. The van der Waals surface area contributed by atoms with Crippen LogP contribution in [0.3, 0.4) is 0 Å². The van der Waals surface area contributed by atoms with E-state index in [9.17, 15) is 24.6 Å². The molecule has 0 aromatic carbocycles. The van der Waals surface area contributed by atoms with Gasteiger partial charge in [-0.1, -0.05) is 0 Å². The molecule has 10 heteroatoms. The van der Waals surface area contributed by atoms with Gasteiger partial charge in [0.15, 0.2) is 5.75 Å². The van der Waals surface area contributed by atoms with Gasteiger partial charge in [0, 0.05) is 6.42 Å². The molecule has 1 aliphatic rings. The van der Waals surface area contributed by atoms with Gasteiger partial charge in [-0.25, -0.2) is 9.59 Å². The highest BCUT2D eigenvalue weighted by Crippen LogP contribution is 2.28. The first-order chi connectivity index (χ1) is 11.1. The van der Waals surface area contributed by atoms with Crippen molar-refractivity contribution in [2.75, 3.05) is 6.61 Å². The van der Waals surface area contributed by atoms with Crippen LogP contribution in [0, 0.1) is 0 Å². The number of alkyl carbamates (subject to hydrolysis) is 1. The van der Waals surface area contributed by atoms with Crippen LogP contribution in [-0.2, 0) is 9.47 Å². The molecule has 1 saturated heterocycles. The molecule has 134 valence electrons. The number of hydrogen-bond acceptors (Lipinski definition) is 7. The molecule has 0 spiro atoms. The Hall–Kier alpha value is -2.33. The van der Waals surface area contributed by atoms with Crippen molar-refractivity contribution < 1.29 is 24.5 Å². The second-order valence-electron chi connectivity index (χ2n) is 6.48. The number of aromatic amines is 1. The Labute approximate surface area is 137 Å². The van der Waals surface area contributed by atoms with Gasteiger partial charge in [0.2, 0.25) is 0 Å². The van der Waals surface area contributed by atoms with Crippen LogP contribution in [0.1, 0.15) is 33.4 Å². The molecule has 1 fully saturated rings. The highest BCUT2D eigenvalue weighted by molar-refractivity contribution is 5.68. The molecule has 4 N–H and O–H groups in total. The van der Waals surface area contributed by atoms with Crippen LogP contribution in [0.5, 0.6) is 5.75 Å². The first-order valence-corrected chi connectivity index (χ1v) is 7.41. The van der Waals surface area contributed by atoms with E-state index in [0.29, 0.717) is 0 Å². The molecule has 0 bridgehead atoms. The van der Waals surface area contributed by atoms with E-state index >= 15 is 0 Å². The van der Waals surface area contributed by atoms with Gasteiger partial charge in [-0.15, -0.1) is 0 Å². The lowest BCUT2D eigenvalue weighted by Gasteiger charge is -2.23. The number of nitrogens with zero attached hydrogens (tertiary/aromatic N) is 1. The molecule has 0 radical (unpaired) electrons. The molecule has 2 heterocycles. The van der Waals surface area contributed by atoms with E-state index in [4.69, 9.17) is 9.47 Å². The fourth-order valence-corrected chi connectivity index (χ4v) is 2.37. The van der Waals surface area contributed by atoms with Crippen LogP contribution >= 0.6 is 0 Å². The second kappa shape index (κ2) is 6.65. The van der Waals surface area contributed by atoms with E-state index in [1.54, 1.807) is 20.8 Å². The molecule has 1 amide bonds. The fraction of sp³-hybridized carbons (Fsp3) is 0.643. The van der Waals surface area contributed by atoms with E-state index in [-0.39, 0.29) is 13.0 Å². The molecular formula is C14H21N3O7. The zero-order chi connectivity index (χ0) is 18.1. The summed E-state index contributed by atoms with van der Waals surface area (Å²) in [5.41, 5.74) is -2.35. The van der Waals surface area contributed by atoms with Crippen LogP contribution in [0.4, 0.5) is 4.79 Å². The molecular weight excluding hydrogens is 322 g/mol. The van der Waals surface area contributed by atoms with Crippen LogP contribution in [0.2, 0.25) is 0 Å². The van der Waals surface area contributed by atoms with Gasteiger partial charge in [0.25, 0.3) is 5.56 Å². The Morgan fingerprint density at radius 3 is 2.75 bits per heavy atom. The lowest BCUT2D eigenvalue weighted by Crippen LogP contribution is -2.44.